The number of nitrogens with one attached hydrogen (secondary N) is 1. The highest BCUT2D eigenvalue weighted by Gasteiger charge is 2.46. The average Bonchev–Trinajstić information content (AvgIpc) is 2.49. The lowest BCUT2D eigenvalue weighted by Crippen LogP contribution is -2.58. The third kappa shape index (κ3) is 6.59. The number of nitrogens with zero attached hydrogens (tertiary/aromatic N) is 1. The van der Waals surface area contributed by atoms with Gasteiger partial charge in [0.1, 0.15) is 0 Å². The van der Waals surface area contributed by atoms with Gasteiger partial charge in [-0.05, 0) is 13.0 Å². The molecule has 0 aromatic rings. The zero-order chi connectivity index (χ0) is 16.4. The molecular formula is C15H31N3O4Si. The number of hydrogen-bond donors (Lipinski definition) is 2. The van der Waals surface area contributed by atoms with Gasteiger partial charge >= 0.3 is 8.80 Å². The molecule has 3 N–H and O–H groups in total. The van der Waals surface area contributed by atoms with Gasteiger partial charge in [0.2, 0.25) is 0 Å². The highest BCUT2D eigenvalue weighted by Crippen LogP contribution is 2.24. The normalized spacial score (nSPS) is 31.3. The molecule has 3 aliphatic rings. The maximum atomic E-state index is 6.34. The minimum atomic E-state index is -2.61. The van der Waals surface area contributed by atoms with Gasteiger partial charge in [-0.15, -0.1) is 6.58 Å². The fourth-order valence-electron chi connectivity index (χ4n) is 2.87. The summed E-state index contributed by atoms with van der Waals surface area (Å²) in [6.07, 6.45) is 2.72. The molecule has 3 rings (SSSR count). The molecule has 0 aliphatic carbocycles. The molecule has 23 heavy (non-hydrogen) atoms. The second kappa shape index (κ2) is 10.5. The molecule has 0 aromatic carbocycles. The summed E-state index contributed by atoms with van der Waals surface area (Å²) in [6.45, 7) is 11.3. The maximum Gasteiger partial charge on any atom is 0.501 e. The number of rotatable bonds is 10. The van der Waals surface area contributed by atoms with Crippen LogP contribution >= 0.6 is 0 Å². The molecule has 1 unspecified atom stereocenters. The zero-order valence-corrected chi connectivity index (χ0v) is 15.0. The van der Waals surface area contributed by atoms with Crippen LogP contribution in [0.4, 0.5) is 0 Å². The van der Waals surface area contributed by atoms with E-state index in [1.54, 1.807) is 6.08 Å². The first-order valence-corrected chi connectivity index (χ1v) is 10.5. The van der Waals surface area contributed by atoms with Crippen LogP contribution < -0.4 is 11.1 Å². The molecule has 134 valence electrons. The Morgan fingerprint density at radius 1 is 1.30 bits per heavy atom. The van der Waals surface area contributed by atoms with E-state index in [-0.39, 0.29) is 6.10 Å². The quantitative estimate of drug-likeness (QED) is 0.323. The molecule has 7 nitrogen and oxygen atoms in total. The summed E-state index contributed by atoms with van der Waals surface area (Å²) >= 11 is 0. The van der Waals surface area contributed by atoms with E-state index in [1.807, 2.05) is 0 Å². The van der Waals surface area contributed by atoms with Crippen LogP contribution in [0, 0.1) is 0 Å². The van der Waals surface area contributed by atoms with E-state index >= 15 is 0 Å². The fourth-order valence-corrected chi connectivity index (χ4v) is 5.56. The summed E-state index contributed by atoms with van der Waals surface area (Å²) in [6, 6.07) is 0.836. The Hall–Kier alpha value is -0.323. The van der Waals surface area contributed by atoms with Gasteiger partial charge in [-0.25, -0.2) is 0 Å². The molecule has 8 heteroatoms. The summed E-state index contributed by atoms with van der Waals surface area (Å²) in [5, 5.41) is 3.31. The summed E-state index contributed by atoms with van der Waals surface area (Å²) < 4.78 is 24.2. The van der Waals surface area contributed by atoms with Crippen LogP contribution in [0.1, 0.15) is 6.42 Å². The largest absolute Gasteiger partial charge is 0.501 e. The maximum absolute atomic E-state index is 6.34. The minimum Gasteiger partial charge on any atom is -0.375 e. The number of fused-ring (bicyclic) bond motifs is 6. The summed E-state index contributed by atoms with van der Waals surface area (Å²) in [5.41, 5.74) is 5.49. The van der Waals surface area contributed by atoms with Crippen molar-refractivity contribution in [2.24, 2.45) is 5.73 Å². The number of hydrogen-bond acceptors (Lipinski definition) is 7. The average molecular weight is 346 g/mol. The van der Waals surface area contributed by atoms with E-state index in [9.17, 15) is 0 Å². The monoisotopic (exact) mass is 345 g/mol. The molecule has 3 aliphatic heterocycles. The van der Waals surface area contributed by atoms with Crippen LogP contribution in [0.15, 0.2) is 12.7 Å². The second-order valence-corrected chi connectivity index (χ2v) is 8.57. The SMILES string of the molecule is C=CCOCC1CN2CCO[Si](CCCNCCN)(OCC2)O1. The van der Waals surface area contributed by atoms with Crippen molar-refractivity contribution in [3.8, 4) is 0 Å². The molecule has 3 fully saturated rings. The van der Waals surface area contributed by atoms with Gasteiger partial charge in [0.05, 0.1) is 32.5 Å². The molecule has 3 heterocycles. The summed E-state index contributed by atoms with van der Waals surface area (Å²) in [7, 11) is -2.61. The Morgan fingerprint density at radius 3 is 2.78 bits per heavy atom. The molecule has 2 bridgehead atoms. The highest BCUT2D eigenvalue weighted by molar-refractivity contribution is 6.60. The molecule has 1 atom stereocenters. The van der Waals surface area contributed by atoms with Gasteiger partial charge in [0.25, 0.3) is 0 Å². The minimum absolute atomic E-state index is 0.000724. The molecule has 3 saturated heterocycles. The van der Waals surface area contributed by atoms with Crippen molar-refractivity contribution in [1.29, 1.82) is 0 Å². The van der Waals surface area contributed by atoms with Crippen LogP contribution in [0.5, 0.6) is 0 Å². The van der Waals surface area contributed by atoms with Crippen molar-refractivity contribution < 1.29 is 18.0 Å². The van der Waals surface area contributed by atoms with Gasteiger partial charge in [-0.2, -0.15) is 0 Å². The van der Waals surface area contributed by atoms with Gasteiger partial charge in [0, 0.05) is 38.8 Å². The Bertz CT molecular complexity index is 339. The predicted octanol–water partition coefficient (Wildman–Crippen LogP) is -0.186. The van der Waals surface area contributed by atoms with Crippen molar-refractivity contribution >= 4 is 8.80 Å². The van der Waals surface area contributed by atoms with E-state index in [4.69, 9.17) is 23.7 Å². The topological polar surface area (TPSA) is 78.2 Å². The Kier molecular flexibility index (Phi) is 8.70. The first kappa shape index (κ1) is 19.0. The van der Waals surface area contributed by atoms with Crippen LogP contribution in [-0.4, -0.2) is 85.5 Å². The van der Waals surface area contributed by atoms with Crippen molar-refractivity contribution in [2.75, 3.05) is 65.7 Å². The van der Waals surface area contributed by atoms with Gasteiger partial charge < -0.3 is 29.1 Å². The Balaban J connectivity index is 1.90. The Labute approximate surface area is 140 Å². The van der Waals surface area contributed by atoms with Gasteiger partial charge in [-0.3, -0.25) is 4.90 Å². The van der Waals surface area contributed by atoms with Crippen molar-refractivity contribution in [2.45, 2.75) is 18.6 Å². The summed E-state index contributed by atoms with van der Waals surface area (Å²) in [4.78, 5) is 2.32. The molecule has 0 saturated carbocycles. The predicted molar refractivity (Wildman–Crippen MR) is 91.3 cm³/mol. The van der Waals surface area contributed by atoms with Crippen LogP contribution in [0.25, 0.3) is 0 Å². The van der Waals surface area contributed by atoms with E-state index in [1.165, 1.54) is 0 Å². The smallest absolute Gasteiger partial charge is 0.375 e. The van der Waals surface area contributed by atoms with Crippen molar-refractivity contribution in [3.05, 3.63) is 12.7 Å². The van der Waals surface area contributed by atoms with E-state index in [2.05, 4.69) is 16.8 Å². The highest BCUT2D eigenvalue weighted by atomic mass is 28.4. The fraction of sp³-hybridized carbons (Fsp3) is 0.867. The molecule has 0 spiro atoms. The van der Waals surface area contributed by atoms with E-state index < -0.39 is 8.80 Å². The van der Waals surface area contributed by atoms with Crippen LogP contribution in [0.2, 0.25) is 6.04 Å². The van der Waals surface area contributed by atoms with Gasteiger partial charge in [0.15, 0.2) is 0 Å². The van der Waals surface area contributed by atoms with Crippen LogP contribution in [0.3, 0.4) is 0 Å². The summed E-state index contributed by atoms with van der Waals surface area (Å²) in [5.74, 6) is 0. The zero-order valence-electron chi connectivity index (χ0n) is 14.0. The first-order chi connectivity index (χ1) is 11.3. The van der Waals surface area contributed by atoms with Gasteiger partial charge in [-0.1, -0.05) is 6.08 Å². The lowest BCUT2D eigenvalue weighted by atomic mass is 10.3. The lowest BCUT2D eigenvalue weighted by molar-refractivity contribution is -0.0635. The van der Waals surface area contributed by atoms with E-state index in [0.717, 1.165) is 45.2 Å². The van der Waals surface area contributed by atoms with Crippen molar-refractivity contribution in [1.82, 2.24) is 10.2 Å². The lowest BCUT2D eigenvalue weighted by Gasteiger charge is -2.41. The van der Waals surface area contributed by atoms with Crippen molar-refractivity contribution in [3.63, 3.8) is 0 Å². The Morgan fingerprint density at radius 2 is 2.09 bits per heavy atom. The molecular weight excluding hydrogens is 314 g/mol. The third-order valence-corrected chi connectivity index (χ3v) is 6.91. The third-order valence-electron chi connectivity index (χ3n) is 3.96. The van der Waals surface area contributed by atoms with E-state index in [0.29, 0.717) is 33.0 Å². The second-order valence-electron chi connectivity index (χ2n) is 5.89. The number of ether oxygens (including phenoxy) is 1. The van der Waals surface area contributed by atoms with Crippen LogP contribution in [-0.2, 0) is 18.0 Å². The standard InChI is InChI=1S/C15H31N3O4Si/c1-2-9-19-14-15-13-18-7-10-20-23(22-15,21-11-8-18)12-3-5-17-6-4-16/h2,15,17H,1,3-14,16H2. The molecule has 0 amide bonds. The molecule has 0 radical (unpaired) electrons. The molecule has 0 aromatic heterocycles. The number of nitrogens with two attached hydrogens (primary N) is 1. The first-order valence-electron chi connectivity index (χ1n) is 8.55.